The largest absolute Gasteiger partial charge is 0.379 e. The van der Waals surface area contributed by atoms with Crippen LogP contribution in [-0.2, 0) is 42.0 Å². The quantitative estimate of drug-likeness (QED) is 0.488. The molecule has 2 saturated heterocycles. The second-order valence-corrected chi connectivity index (χ2v) is 12.7. The van der Waals surface area contributed by atoms with Gasteiger partial charge in [0.25, 0.3) is 5.91 Å². The molecule has 1 aromatic carbocycles. The number of carbonyl (C=O) groups is 1. The topological polar surface area (TPSA) is 85.2 Å². The molecule has 1 amide bonds. The number of piperidine rings is 1. The third-order valence-corrected chi connectivity index (χ3v) is 9.02. The second kappa shape index (κ2) is 10.1. The van der Waals surface area contributed by atoms with E-state index in [2.05, 4.69) is 53.3 Å². The number of fused-ring (bicyclic) bond motifs is 1. The summed E-state index contributed by atoms with van der Waals surface area (Å²) in [5.74, 6) is 1.49. The molecule has 0 bridgehead atoms. The number of pyridine rings is 1. The Kier molecular flexibility index (Phi) is 6.79. The van der Waals surface area contributed by atoms with Crippen molar-refractivity contribution in [3.8, 4) is 0 Å². The van der Waals surface area contributed by atoms with Crippen LogP contribution in [0, 0.1) is 5.92 Å². The number of likely N-dealkylation sites (tertiary alicyclic amines) is 1. The van der Waals surface area contributed by atoms with Gasteiger partial charge in [-0.3, -0.25) is 9.69 Å². The fourth-order valence-corrected chi connectivity index (χ4v) is 6.56. The summed E-state index contributed by atoms with van der Waals surface area (Å²) in [7, 11) is 1.96. The van der Waals surface area contributed by atoms with Gasteiger partial charge in [-0.1, -0.05) is 32.9 Å². The van der Waals surface area contributed by atoms with Crippen LogP contribution in [0.25, 0.3) is 0 Å². The number of hydrogen-bond acceptors (Lipinski definition) is 6. The average molecular weight is 529 g/mol. The molecular weight excluding hydrogens is 488 g/mol. The predicted molar refractivity (Wildman–Crippen MR) is 151 cm³/mol. The number of aromatic nitrogens is 4. The Morgan fingerprint density at radius 1 is 1.23 bits per heavy atom. The summed E-state index contributed by atoms with van der Waals surface area (Å²) < 4.78 is 7.61. The van der Waals surface area contributed by atoms with Gasteiger partial charge >= 0.3 is 0 Å². The summed E-state index contributed by atoms with van der Waals surface area (Å²) in [6, 6.07) is 10.2. The number of aryl methyl sites for hydroxylation is 1. The van der Waals surface area contributed by atoms with Gasteiger partial charge in [-0.2, -0.15) is 0 Å². The van der Waals surface area contributed by atoms with Crippen LogP contribution in [0.15, 0.2) is 36.7 Å². The molecule has 1 atom stereocenters. The van der Waals surface area contributed by atoms with Crippen molar-refractivity contribution < 1.29 is 9.53 Å². The highest BCUT2D eigenvalue weighted by Gasteiger charge is 2.42. The van der Waals surface area contributed by atoms with Gasteiger partial charge in [0.05, 0.1) is 18.9 Å². The Morgan fingerprint density at radius 3 is 2.79 bits per heavy atom. The van der Waals surface area contributed by atoms with Crippen LogP contribution >= 0.6 is 0 Å². The summed E-state index contributed by atoms with van der Waals surface area (Å²) >= 11 is 0. The van der Waals surface area contributed by atoms with Crippen LogP contribution in [0.4, 0.5) is 5.69 Å². The molecule has 2 fully saturated rings. The highest BCUT2D eigenvalue weighted by atomic mass is 16.5. The van der Waals surface area contributed by atoms with Gasteiger partial charge in [-0.25, -0.2) is 4.98 Å². The molecule has 0 unspecified atom stereocenters. The highest BCUT2D eigenvalue weighted by molar-refractivity contribution is 6.03. The normalized spacial score (nSPS) is 21.8. The Balaban J connectivity index is 1.25. The first-order valence-electron chi connectivity index (χ1n) is 14.3. The van der Waals surface area contributed by atoms with Gasteiger partial charge in [-0.05, 0) is 73.0 Å². The third kappa shape index (κ3) is 5.12. The number of carbonyl (C=O) groups excluding carboxylic acids is 1. The molecule has 39 heavy (non-hydrogen) atoms. The van der Waals surface area contributed by atoms with Gasteiger partial charge in [0, 0.05) is 43.1 Å². The molecule has 3 aliphatic rings. The maximum Gasteiger partial charge on any atom is 0.274 e. The number of nitrogens with one attached hydrogen (secondary N) is 1. The summed E-state index contributed by atoms with van der Waals surface area (Å²) in [6.07, 6.45) is 7.11. The van der Waals surface area contributed by atoms with E-state index in [1.807, 2.05) is 29.8 Å². The third-order valence-electron chi connectivity index (χ3n) is 9.02. The lowest BCUT2D eigenvalue weighted by atomic mass is 9.75. The lowest BCUT2D eigenvalue weighted by molar-refractivity contribution is -0.0610. The van der Waals surface area contributed by atoms with Crippen LogP contribution in [0.2, 0.25) is 0 Å². The predicted octanol–water partition coefficient (Wildman–Crippen LogP) is 4.43. The first kappa shape index (κ1) is 26.1. The molecular formula is C31H40N6O2. The van der Waals surface area contributed by atoms with Crippen LogP contribution < -0.4 is 5.32 Å². The van der Waals surface area contributed by atoms with Crippen molar-refractivity contribution >= 4 is 11.6 Å². The maximum absolute atomic E-state index is 13.6. The van der Waals surface area contributed by atoms with E-state index in [9.17, 15) is 4.79 Å². The van der Waals surface area contributed by atoms with Crippen molar-refractivity contribution in [3.63, 3.8) is 0 Å². The first-order chi connectivity index (χ1) is 18.7. The van der Waals surface area contributed by atoms with E-state index >= 15 is 0 Å². The molecule has 0 radical (unpaired) electrons. The van der Waals surface area contributed by atoms with E-state index in [4.69, 9.17) is 9.72 Å². The van der Waals surface area contributed by atoms with Crippen molar-refractivity contribution in [1.29, 1.82) is 0 Å². The maximum atomic E-state index is 13.6. The zero-order chi connectivity index (χ0) is 27.2. The second-order valence-electron chi connectivity index (χ2n) is 12.7. The summed E-state index contributed by atoms with van der Waals surface area (Å²) in [4.78, 5) is 21.1. The minimum absolute atomic E-state index is 0.0219. The monoisotopic (exact) mass is 528 g/mol. The molecule has 3 aromatic rings. The van der Waals surface area contributed by atoms with Crippen molar-refractivity contribution in [2.24, 2.45) is 13.0 Å². The highest BCUT2D eigenvalue weighted by Crippen LogP contribution is 2.40. The summed E-state index contributed by atoms with van der Waals surface area (Å²) in [5.41, 5.74) is 5.95. The van der Waals surface area contributed by atoms with Gasteiger partial charge in [0.2, 0.25) is 0 Å². The molecule has 1 aliphatic carbocycles. The number of benzene rings is 1. The first-order valence-corrected chi connectivity index (χ1v) is 14.3. The van der Waals surface area contributed by atoms with E-state index in [1.165, 1.54) is 24.0 Å². The van der Waals surface area contributed by atoms with E-state index in [1.54, 1.807) is 6.33 Å². The molecule has 4 heterocycles. The Bertz CT molecular complexity index is 1380. The Hall–Kier alpha value is -3.10. The van der Waals surface area contributed by atoms with Crippen molar-refractivity contribution in [3.05, 3.63) is 70.6 Å². The van der Waals surface area contributed by atoms with Crippen LogP contribution in [0.5, 0.6) is 0 Å². The average Bonchev–Trinajstić information content (AvgIpc) is 3.43. The summed E-state index contributed by atoms with van der Waals surface area (Å²) in [5, 5.41) is 11.5. The van der Waals surface area contributed by atoms with E-state index < -0.39 is 0 Å². The lowest BCUT2D eigenvalue weighted by Crippen LogP contribution is -2.49. The van der Waals surface area contributed by atoms with Crippen LogP contribution in [0.1, 0.15) is 78.7 Å². The molecule has 8 nitrogen and oxygen atoms in total. The number of anilines is 1. The van der Waals surface area contributed by atoms with Crippen molar-refractivity contribution in [1.82, 2.24) is 24.6 Å². The fourth-order valence-electron chi connectivity index (χ4n) is 6.56. The van der Waals surface area contributed by atoms with Gasteiger partial charge < -0.3 is 14.6 Å². The van der Waals surface area contributed by atoms with Crippen LogP contribution in [-0.4, -0.2) is 56.9 Å². The Morgan fingerprint density at radius 2 is 2.08 bits per heavy atom. The number of nitrogens with zero attached hydrogens (tertiary/aromatic N) is 5. The lowest BCUT2D eigenvalue weighted by Gasteiger charge is -2.41. The molecule has 0 saturated carbocycles. The van der Waals surface area contributed by atoms with Gasteiger partial charge in [0.1, 0.15) is 17.8 Å². The molecule has 0 spiro atoms. The van der Waals surface area contributed by atoms with Crippen LogP contribution in [0.3, 0.4) is 0 Å². The zero-order valence-corrected chi connectivity index (χ0v) is 23.7. The number of amides is 1. The molecule has 2 aliphatic heterocycles. The number of rotatable bonds is 7. The number of ether oxygens (including phenoxy) is 1. The minimum Gasteiger partial charge on any atom is -0.379 e. The van der Waals surface area contributed by atoms with E-state index in [0.29, 0.717) is 18.9 Å². The van der Waals surface area contributed by atoms with E-state index in [-0.39, 0.29) is 16.7 Å². The minimum atomic E-state index is -0.171. The van der Waals surface area contributed by atoms with Gasteiger partial charge in [-0.15, -0.1) is 10.2 Å². The molecule has 206 valence electrons. The zero-order valence-electron chi connectivity index (χ0n) is 23.7. The smallest absolute Gasteiger partial charge is 0.274 e. The van der Waals surface area contributed by atoms with Crippen molar-refractivity contribution in [2.45, 2.75) is 70.3 Å². The SMILES string of the molecule is C[C@H]1CCCN(Cc2cc(C(=O)Nc3cccc(C4(Cc5nncn5C)COC4)c3)nc3c2CCC3(C)C)C1. The molecule has 1 N–H and O–H groups in total. The molecule has 2 aromatic heterocycles. The standard InChI is InChI=1S/C31H40N6O2/c1-21-7-6-12-37(16-21)17-22-13-26(34-28-25(22)10-11-30(28,2)3)29(38)33-24-9-5-8-23(14-24)31(18-39-19-31)15-27-35-32-20-36(27)4/h5,8-9,13-14,20-21H,6-7,10-12,15-19H2,1-4H3,(H,33,38)/t21-/m0/s1. The number of hydrogen-bond donors (Lipinski definition) is 1. The Labute approximate surface area is 231 Å². The molecule has 6 rings (SSSR count). The van der Waals surface area contributed by atoms with E-state index in [0.717, 1.165) is 67.6 Å². The van der Waals surface area contributed by atoms with Gasteiger partial charge in [0.15, 0.2) is 0 Å². The summed E-state index contributed by atoms with van der Waals surface area (Å²) in [6.45, 7) is 11.2. The van der Waals surface area contributed by atoms with Crippen molar-refractivity contribution in [2.75, 3.05) is 31.6 Å². The molecule has 8 heteroatoms. The fraction of sp³-hybridized carbons (Fsp3) is 0.548.